The van der Waals surface area contributed by atoms with Gasteiger partial charge in [0.2, 0.25) is 11.9 Å². The number of hydrogen-bond acceptors (Lipinski definition) is 9. The molecule has 13 heteroatoms. The molecule has 0 amide bonds. The van der Waals surface area contributed by atoms with Crippen LogP contribution in [-0.2, 0) is 4.74 Å². The van der Waals surface area contributed by atoms with E-state index in [4.69, 9.17) is 20.9 Å². The number of halogens is 2. The van der Waals surface area contributed by atoms with E-state index in [2.05, 4.69) is 20.1 Å². The molecule has 0 radical (unpaired) electrons. The smallest absolute Gasteiger partial charge is 0.295 e. The number of aromatic amines is 1. The van der Waals surface area contributed by atoms with Crippen LogP contribution in [0.25, 0.3) is 39.0 Å². The van der Waals surface area contributed by atoms with Crippen LogP contribution in [0.3, 0.4) is 0 Å². The van der Waals surface area contributed by atoms with Crippen LogP contribution in [-0.4, -0.2) is 66.5 Å². The summed E-state index contributed by atoms with van der Waals surface area (Å²) < 4.78 is 43.1. The lowest BCUT2D eigenvalue weighted by Crippen LogP contribution is -2.45. The van der Waals surface area contributed by atoms with Gasteiger partial charge in [0.1, 0.15) is 23.5 Å². The second-order valence-electron chi connectivity index (χ2n) is 9.45. The lowest BCUT2D eigenvalue weighted by Gasteiger charge is -2.31. The van der Waals surface area contributed by atoms with E-state index in [1.54, 1.807) is 24.3 Å². The van der Waals surface area contributed by atoms with E-state index in [1.165, 1.54) is 4.68 Å². The summed E-state index contributed by atoms with van der Waals surface area (Å²) in [6.07, 6.45) is -1.97. The Hall–Kier alpha value is -4.59. The van der Waals surface area contributed by atoms with Crippen molar-refractivity contribution in [1.29, 1.82) is 0 Å². The fourth-order valence-corrected chi connectivity index (χ4v) is 4.78. The normalized spacial score (nSPS) is 19.2. The average molecular weight is 550 g/mol. The average Bonchev–Trinajstić information content (AvgIpc) is 3.50. The maximum absolute atomic E-state index is 15.5. The number of benzene rings is 3. The molecule has 0 saturated carbocycles. The molecule has 2 aromatic heterocycles. The molecule has 0 aliphatic carbocycles. The molecule has 1 saturated heterocycles. The first-order valence-corrected chi connectivity index (χ1v) is 12.4. The number of aromatic nitrogens is 5. The minimum atomic E-state index is -0.915. The number of imidazole rings is 1. The van der Waals surface area contributed by atoms with Crippen molar-refractivity contribution in [3.8, 4) is 34.0 Å². The van der Waals surface area contributed by atoms with Crippen molar-refractivity contribution in [1.82, 2.24) is 24.7 Å². The maximum atomic E-state index is 15.5. The minimum absolute atomic E-state index is 0.0252. The zero-order valence-electron chi connectivity index (χ0n) is 21.0. The summed E-state index contributed by atoms with van der Waals surface area (Å²) in [5.74, 6) is -1.35. The first-order valence-electron chi connectivity index (χ1n) is 12.4. The summed E-state index contributed by atoms with van der Waals surface area (Å²) in [5, 5.41) is 23.3. The molecule has 3 aromatic carbocycles. The number of aliphatic hydroxyl groups excluding tert-OH is 2. The number of nitrogens with one attached hydrogen (secondary N) is 1. The van der Waals surface area contributed by atoms with E-state index in [9.17, 15) is 10.2 Å². The Morgan fingerprint density at radius 3 is 2.33 bits per heavy atom. The van der Waals surface area contributed by atoms with Crippen LogP contribution in [0.4, 0.5) is 20.7 Å². The van der Waals surface area contributed by atoms with Crippen molar-refractivity contribution < 1.29 is 28.5 Å². The fourth-order valence-electron chi connectivity index (χ4n) is 4.78. The Kier molecular flexibility index (Phi) is 6.54. The van der Waals surface area contributed by atoms with Crippen molar-refractivity contribution in [2.24, 2.45) is 0 Å². The SMILES string of the molecule is Nc1nc(N)n(-c2ccc(-c3ccc(-c4c(F)cc5[nH]c(O[C@H]6CO[C@H](CO)[C@@H](O)C6)nc5c4F)cc3)cc2)n1. The van der Waals surface area contributed by atoms with Crippen molar-refractivity contribution >= 4 is 22.9 Å². The zero-order chi connectivity index (χ0) is 28.0. The van der Waals surface area contributed by atoms with E-state index in [0.29, 0.717) is 11.3 Å². The molecule has 3 atom stereocenters. The highest BCUT2D eigenvalue weighted by Crippen LogP contribution is 2.34. The number of nitrogens with zero attached hydrogens (tertiary/aromatic N) is 4. The number of anilines is 2. The standard InChI is InChI=1S/C27H25F2N7O4/c28-18-10-19-24(33-27(32-19)40-17-9-20(38)21(11-37)39-12-17)23(29)22(18)15-3-1-13(2-4-15)14-5-7-16(8-6-14)36-26(31)34-25(30)35-36/h1-8,10,17,20-21,37-38H,9,11-12H2,(H,32,33)(H4,30,31,34,35)/t17-,20+,21-/m1/s1. The quantitative estimate of drug-likeness (QED) is 0.214. The molecule has 0 unspecified atom stereocenters. The van der Waals surface area contributed by atoms with Crippen LogP contribution in [0, 0.1) is 11.6 Å². The molecule has 5 aromatic rings. The summed E-state index contributed by atoms with van der Waals surface area (Å²) in [4.78, 5) is 10.8. The molecule has 0 bridgehead atoms. The molecule has 7 N–H and O–H groups in total. The van der Waals surface area contributed by atoms with Gasteiger partial charge in [-0.1, -0.05) is 36.4 Å². The third kappa shape index (κ3) is 4.70. The Labute approximate surface area is 226 Å². The molecule has 1 aliphatic rings. The first kappa shape index (κ1) is 25.7. The summed E-state index contributed by atoms with van der Waals surface area (Å²) in [6, 6.07) is 15.3. The number of nitrogens with two attached hydrogens (primary N) is 2. The topological polar surface area (TPSA) is 170 Å². The number of hydrogen-bond donors (Lipinski definition) is 5. The number of H-pyrrole nitrogens is 1. The highest BCUT2D eigenvalue weighted by atomic mass is 19.1. The number of aliphatic hydroxyl groups is 2. The number of fused-ring (bicyclic) bond motifs is 1. The molecule has 1 aliphatic heterocycles. The molecule has 206 valence electrons. The predicted molar refractivity (Wildman–Crippen MR) is 142 cm³/mol. The van der Waals surface area contributed by atoms with Gasteiger partial charge in [-0.3, -0.25) is 0 Å². The molecule has 3 heterocycles. The monoisotopic (exact) mass is 549 g/mol. The van der Waals surface area contributed by atoms with E-state index in [1.807, 2.05) is 24.3 Å². The first-order chi connectivity index (χ1) is 19.3. The second kappa shape index (κ2) is 10.2. The van der Waals surface area contributed by atoms with Crippen LogP contribution in [0.2, 0.25) is 0 Å². The molecule has 6 rings (SSSR count). The molecular weight excluding hydrogens is 524 g/mol. The van der Waals surface area contributed by atoms with Crippen LogP contribution in [0.1, 0.15) is 6.42 Å². The van der Waals surface area contributed by atoms with Gasteiger partial charge < -0.3 is 36.1 Å². The van der Waals surface area contributed by atoms with Gasteiger partial charge in [0.15, 0.2) is 5.82 Å². The Morgan fingerprint density at radius 2 is 1.70 bits per heavy atom. The highest BCUT2D eigenvalue weighted by Gasteiger charge is 2.31. The zero-order valence-corrected chi connectivity index (χ0v) is 21.0. The van der Waals surface area contributed by atoms with Crippen LogP contribution >= 0.6 is 0 Å². The van der Waals surface area contributed by atoms with E-state index < -0.39 is 29.9 Å². The lowest BCUT2D eigenvalue weighted by atomic mass is 9.99. The maximum Gasteiger partial charge on any atom is 0.295 e. The molecular formula is C27H25F2N7O4. The molecule has 1 fully saturated rings. The summed E-state index contributed by atoms with van der Waals surface area (Å²) in [7, 11) is 0. The largest absolute Gasteiger partial charge is 0.459 e. The van der Waals surface area contributed by atoms with Crippen LogP contribution < -0.4 is 16.2 Å². The Balaban J connectivity index is 1.23. The third-order valence-corrected chi connectivity index (χ3v) is 6.80. The fraction of sp³-hybridized carbons (Fsp3) is 0.222. The van der Waals surface area contributed by atoms with Crippen molar-refractivity contribution in [2.75, 3.05) is 24.7 Å². The third-order valence-electron chi connectivity index (χ3n) is 6.80. The van der Waals surface area contributed by atoms with Gasteiger partial charge in [0, 0.05) is 12.5 Å². The van der Waals surface area contributed by atoms with E-state index in [-0.39, 0.29) is 54.1 Å². The summed E-state index contributed by atoms with van der Waals surface area (Å²) in [5.41, 5.74) is 14.0. The lowest BCUT2D eigenvalue weighted by molar-refractivity contribution is -0.131. The summed E-state index contributed by atoms with van der Waals surface area (Å²) >= 11 is 0. The number of ether oxygens (including phenoxy) is 2. The Morgan fingerprint density at radius 1 is 1.02 bits per heavy atom. The van der Waals surface area contributed by atoms with Gasteiger partial charge in [-0.15, -0.1) is 5.10 Å². The van der Waals surface area contributed by atoms with E-state index >= 15 is 8.78 Å². The predicted octanol–water partition coefficient (Wildman–Crippen LogP) is 2.81. The van der Waals surface area contributed by atoms with Gasteiger partial charge in [-0.05, 0) is 28.8 Å². The van der Waals surface area contributed by atoms with Crippen molar-refractivity contribution in [3.63, 3.8) is 0 Å². The number of nitrogen functional groups attached to an aromatic ring is 2. The summed E-state index contributed by atoms with van der Waals surface area (Å²) in [6.45, 7) is -0.200. The number of rotatable bonds is 6. The van der Waals surface area contributed by atoms with Crippen LogP contribution in [0.15, 0.2) is 54.6 Å². The highest BCUT2D eigenvalue weighted by molar-refractivity contribution is 5.84. The molecule has 11 nitrogen and oxygen atoms in total. The van der Waals surface area contributed by atoms with Gasteiger partial charge in [-0.25, -0.2) is 8.78 Å². The Bertz CT molecular complexity index is 1670. The van der Waals surface area contributed by atoms with Gasteiger partial charge in [0.25, 0.3) is 6.01 Å². The van der Waals surface area contributed by atoms with E-state index in [0.717, 1.165) is 17.2 Å². The second-order valence-corrected chi connectivity index (χ2v) is 9.45. The van der Waals surface area contributed by atoms with Gasteiger partial charge in [-0.2, -0.15) is 14.6 Å². The van der Waals surface area contributed by atoms with Gasteiger partial charge in [0.05, 0.1) is 36.1 Å². The van der Waals surface area contributed by atoms with Crippen molar-refractivity contribution in [3.05, 3.63) is 66.2 Å². The van der Waals surface area contributed by atoms with Crippen LogP contribution in [0.5, 0.6) is 6.01 Å². The van der Waals surface area contributed by atoms with Crippen molar-refractivity contribution in [2.45, 2.75) is 24.7 Å². The molecule has 0 spiro atoms. The minimum Gasteiger partial charge on any atom is -0.459 e. The molecule has 40 heavy (non-hydrogen) atoms. The van der Waals surface area contributed by atoms with Gasteiger partial charge >= 0.3 is 0 Å².